The number of rotatable bonds is 5. The molecule has 1 aliphatic rings. The quantitative estimate of drug-likeness (QED) is 0.570. The minimum absolute atomic E-state index is 0.0976. The van der Waals surface area contributed by atoms with Crippen LogP contribution in [0.2, 0.25) is 0 Å². The molecule has 0 aliphatic carbocycles. The Hall–Kier alpha value is -3.49. The molecule has 0 bridgehead atoms. The number of nitrogens with one attached hydrogen (secondary N) is 1. The Labute approximate surface area is 188 Å². The number of carbonyl (C=O) groups excluding carboxylic acids is 2. The molecule has 1 N–H and O–H groups in total. The molecule has 3 aromatic rings. The molecule has 1 amide bonds. The molecule has 0 spiro atoms. The van der Waals surface area contributed by atoms with Crippen molar-refractivity contribution >= 4 is 22.6 Å². The van der Waals surface area contributed by atoms with Gasteiger partial charge in [0.2, 0.25) is 5.91 Å². The van der Waals surface area contributed by atoms with Crippen LogP contribution in [0.5, 0.6) is 11.5 Å². The molecular formula is C24H23F3N2O4. The molecule has 174 valence electrons. The third kappa shape index (κ3) is 4.53. The fraction of sp³-hybridized carbons (Fsp3) is 0.333. The number of ether oxygens (including phenoxy) is 2. The van der Waals surface area contributed by atoms with Crippen molar-refractivity contribution in [3.05, 3.63) is 58.8 Å². The molecule has 0 atom stereocenters. The topological polar surface area (TPSA) is 69.6 Å². The maximum Gasteiger partial charge on any atom is 0.454 e. The van der Waals surface area contributed by atoms with Gasteiger partial charge in [0.1, 0.15) is 6.54 Å². The summed E-state index contributed by atoms with van der Waals surface area (Å²) in [6.45, 7) is 4.43. The number of carbonyl (C=O) groups is 2. The van der Waals surface area contributed by atoms with Crippen molar-refractivity contribution in [3.8, 4) is 11.5 Å². The van der Waals surface area contributed by atoms with Crippen molar-refractivity contribution < 1.29 is 32.2 Å². The first-order valence-electron chi connectivity index (χ1n) is 10.5. The number of halogens is 3. The molecule has 9 heteroatoms. The highest BCUT2D eigenvalue weighted by Crippen LogP contribution is 2.33. The fourth-order valence-electron chi connectivity index (χ4n) is 4.00. The predicted octanol–water partition coefficient (Wildman–Crippen LogP) is 4.48. The molecule has 0 radical (unpaired) electrons. The number of aromatic nitrogens is 1. The number of hydrogen-bond donors (Lipinski definition) is 1. The highest BCUT2D eigenvalue weighted by molar-refractivity contribution is 6.12. The lowest BCUT2D eigenvalue weighted by molar-refractivity contribution is -0.121. The zero-order valence-electron chi connectivity index (χ0n) is 18.2. The molecule has 1 aliphatic heterocycles. The van der Waals surface area contributed by atoms with E-state index in [1.165, 1.54) is 17.6 Å². The summed E-state index contributed by atoms with van der Waals surface area (Å²) in [4.78, 5) is 24.7. The first-order valence-corrected chi connectivity index (χ1v) is 10.5. The molecule has 2 aromatic carbocycles. The van der Waals surface area contributed by atoms with Crippen LogP contribution >= 0.6 is 0 Å². The van der Waals surface area contributed by atoms with Gasteiger partial charge in [0.25, 0.3) is 5.78 Å². The van der Waals surface area contributed by atoms with Crippen LogP contribution in [0.1, 0.15) is 33.6 Å². The van der Waals surface area contributed by atoms with E-state index in [9.17, 15) is 22.8 Å². The number of para-hydroxylation sites is 1. The molecule has 2 heterocycles. The van der Waals surface area contributed by atoms with Crippen LogP contribution in [-0.2, 0) is 17.9 Å². The van der Waals surface area contributed by atoms with E-state index in [2.05, 4.69) is 5.32 Å². The van der Waals surface area contributed by atoms with Crippen LogP contribution in [0, 0.1) is 13.8 Å². The summed E-state index contributed by atoms with van der Waals surface area (Å²) in [6, 6.07) is 9.95. The lowest BCUT2D eigenvalue weighted by Gasteiger charge is -2.14. The molecule has 6 nitrogen and oxygen atoms in total. The van der Waals surface area contributed by atoms with Crippen molar-refractivity contribution in [2.45, 2.75) is 39.5 Å². The van der Waals surface area contributed by atoms with E-state index < -0.39 is 23.4 Å². The first-order chi connectivity index (χ1) is 15.7. The number of benzene rings is 2. The number of aryl methyl sites for hydroxylation is 1. The van der Waals surface area contributed by atoms with Gasteiger partial charge >= 0.3 is 6.18 Å². The van der Waals surface area contributed by atoms with Gasteiger partial charge in [-0.3, -0.25) is 9.59 Å². The SMILES string of the molecule is Cc1cc2c(cc1CNC(=O)Cn1c(C)c(C(=O)C(F)(F)F)c3ccccc31)OCCCO2. The highest BCUT2D eigenvalue weighted by atomic mass is 19.4. The van der Waals surface area contributed by atoms with Gasteiger partial charge in [-0.15, -0.1) is 0 Å². The Morgan fingerprint density at radius 1 is 1.06 bits per heavy atom. The van der Waals surface area contributed by atoms with Gasteiger partial charge in [-0.2, -0.15) is 13.2 Å². The molecule has 0 saturated heterocycles. The first kappa shape index (κ1) is 22.7. The lowest BCUT2D eigenvalue weighted by atomic mass is 10.1. The van der Waals surface area contributed by atoms with Crippen LogP contribution in [0.25, 0.3) is 10.9 Å². The van der Waals surface area contributed by atoms with E-state index in [1.54, 1.807) is 18.2 Å². The number of Topliss-reactive ketones (excluding diaryl/α,β-unsaturated/α-hetero) is 1. The normalized spacial score (nSPS) is 13.6. The summed E-state index contributed by atoms with van der Waals surface area (Å²) in [6.07, 6.45) is -4.22. The van der Waals surface area contributed by atoms with Crippen molar-refractivity contribution in [2.24, 2.45) is 0 Å². The van der Waals surface area contributed by atoms with Gasteiger partial charge in [0.15, 0.2) is 11.5 Å². The van der Waals surface area contributed by atoms with Crippen LogP contribution < -0.4 is 14.8 Å². The minimum Gasteiger partial charge on any atom is -0.490 e. The number of fused-ring (bicyclic) bond motifs is 2. The number of nitrogens with zero attached hydrogens (tertiary/aromatic N) is 1. The summed E-state index contributed by atoms with van der Waals surface area (Å²) >= 11 is 0. The smallest absolute Gasteiger partial charge is 0.454 e. The van der Waals surface area contributed by atoms with E-state index in [4.69, 9.17) is 9.47 Å². The van der Waals surface area contributed by atoms with Crippen LogP contribution in [0.3, 0.4) is 0 Å². The van der Waals surface area contributed by atoms with Gasteiger partial charge in [-0.1, -0.05) is 18.2 Å². The van der Waals surface area contributed by atoms with Gasteiger partial charge < -0.3 is 19.4 Å². The Bertz CT molecular complexity index is 1230. The predicted molar refractivity (Wildman–Crippen MR) is 116 cm³/mol. The van der Waals surface area contributed by atoms with Gasteiger partial charge in [0.05, 0.1) is 18.8 Å². The number of alkyl halides is 3. The van der Waals surface area contributed by atoms with Crippen LogP contribution in [-0.4, -0.2) is 35.6 Å². The summed E-state index contributed by atoms with van der Waals surface area (Å²) in [5, 5.41) is 2.98. The average Bonchev–Trinajstić information content (AvgIpc) is 2.89. The number of hydrogen-bond acceptors (Lipinski definition) is 4. The van der Waals surface area contributed by atoms with Gasteiger partial charge in [-0.05, 0) is 43.2 Å². The second-order valence-corrected chi connectivity index (χ2v) is 7.94. The number of ketones is 1. The fourth-order valence-corrected chi connectivity index (χ4v) is 4.00. The third-order valence-corrected chi connectivity index (χ3v) is 5.70. The molecule has 4 rings (SSSR count). The molecule has 0 unspecified atom stereocenters. The largest absolute Gasteiger partial charge is 0.490 e. The Balaban J connectivity index is 1.55. The highest BCUT2D eigenvalue weighted by Gasteiger charge is 2.42. The van der Waals surface area contributed by atoms with Gasteiger partial charge in [0, 0.05) is 29.6 Å². The van der Waals surface area contributed by atoms with Crippen molar-refractivity contribution in [1.82, 2.24) is 9.88 Å². The Morgan fingerprint density at radius 3 is 2.42 bits per heavy atom. The van der Waals surface area contributed by atoms with E-state index in [-0.39, 0.29) is 24.2 Å². The number of amides is 1. The van der Waals surface area contributed by atoms with E-state index in [0.29, 0.717) is 30.2 Å². The zero-order chi connectivity index (χ0) is 23.8. The summed E-state index contributed by atoms with van der Waals surface area (Å²) in [5.74, 6) is -1.03. The maximum atomic E-state index is 13.1. The lowest BCUT2D eigenvalue weighted by Crippen LogP contribution is -2.28. The molecule has 1 aromatic heterocycles. The molecule has 0 fully saturated rings. The minimum atomic E-state index is -5.00. The Morgan fingerprint density at radius 2 is 1.73 bits per heavy atom. The zero-order valence-corrected chi connectivity index (χ0v) is 18.2. The van der Waals surface area contributed by atoms with Crippen LogP contribution in [0.15, 0.2) is 36.4 Å². The summed E-state index contributed by atoms with van der Waals surface area (Å²) in [7, 11) is 0. The van der Waals surface area contributed by atoms with E-state index >= 15 is 0 Å². The monoisotopic (exact) mass is 460 g/mol. The second kappa shape index (κ2) is 8.80. The molecule has 0 saturated carbocycles. The van der Waals surface area contributed by atoms with E-state index in [1.807, 2.05) is 19.1 Å². The van der Waals surface area contributed by atoms with Crippen molar-refractivity contribution in [1.29, 1.82) is 0 Å². The third-order valence-electron chi connectivity index (χ3n) is 5.70. The molecule has 33 heavy (non-hydrogen) atoms. The average molecular weight is 460 g/mol. The summed E-state index contributed by atoms with van der Waals surface area (Å²) < 4.78 is 52.2. The van der Waals surface area contributed by atoms with Crippen molar-refractivity contribution in [3.63, 3.8) is 0 Å². The van der Waals surface area contributed by atoms with E-state index in [0.717, 1.165) is 17.5 Å². The standard InChI is InChI=1S/C24H23F3N2O4/c1-14-10-19-20(33-9-5-8-32-19)11-16(14)12-28-21(30)13-29-15(2)22(23(31)24(25,26)27)17-6-3-4-7-18(17)29/h3-4,6-7,10-11H,5,8-9,12-13H2,1-2H3,(H,28,30). The molecular weight excluding hydrogens is 437 g/mol. The maximum absolute atomic E-state index is 13.1. The summed E-state index contributed by atoms with van der Waals surface area (Å²) in [5.41, 5.74) is 1.82. The Kier molecular flexibility index (Phi) is 6.05. The second-order valence-electron chi connectivity index (χ2n) is 7.94. The van der Waals surface area contributed by atoms with Crippen LogP contribution in [0.4, 0.5) is 13.2 Å². The van der Waals surface area contributed by atoms with Gasteiger partial charge in [-0.25, -0.2) is 0 Å². The van der Waals surface area contributed by atoms with Crippen molar-refractivity contribution in [2.75, 3.05) is 13.2 Å².